The van der Waals surface area contributed by atoms with Crippen molar-refractivity contribution in [3.8, 4) is 0 Å². The van der Waals surface area contributed by atoms with Crippen LogP contribution in [0.4, 0.5) is 0 Å². The Morgan fingerprint density at radius 2 is 2.06 bits per heavy atom. The summed E-state index contributed by atoms with van der Waals surface area (Å²) in [5.74, 6) is 1.41. The van der Waals surface area contributed by atoms with Gasteiger partial charge < -0.3 is 0 Å². The highest BCUT2D eigenvalue weighted by Gasteiger charge is 2.14. The molecule has 0 amide bonds. The molecule has 0 aliphatic heterocycles. The minimum Gasteiger partial charge on any atom is -0.262 e. The van der Waals surface area contributed by atoms with E-state index < -0.39 is 0 Å². The molecule has 0 saturated heterocycles. The first kappa shape index (κ1) is 13.1. The molecule has 0 aliphatic rings. The van der Waals surface area contributed by atoms with Gasteiger partial charge in [-0.3, -0.25) is 4.68 Å². The van der Waals surface area contributed by atoms with Crippen molar-refractivity contribution in [3.63, 3.8) is 0 Å². The molecule has 5 nitrogen and oxygen atoms in total. The van der Waals surface area contributed by atoms with Gasteiger partial charge in [0.05, 0.1) is 11.6 Å². The Morgan fingerprint density at radius 3 is 2.61 bits per heavy atom. The van der Waals surface area contributed by atoms with Crippen molar-refractivity contribution in [2.75, 3.05) is 0 Å². The lowest BCUT2D eigenvalue weighted by Gasteiger charge is -2.10. The molecular weight excluding hydrogens is 250 g/mol. The van der Waals surface area contributed by atoms with Crippen molar-refractivity contribution in [2.24, 2.45) is 0 Å². The van der Waals surface area contributed by atoms with Gasteiger partial charge >= 0.3 is 0 Å². The summed E-state index contributed by atoms with van der Waals surface area (Å²) in [4.78, 5) is 4.30. The van der Waals surface area contributed by atoms with E-state index in [1.807, 2.05) is 23.2 Å². The maximum absolute atomic E-state index is 5.93. The predicted octanol–water partition coefficient (Wildman–Crippen LogP) is 2.46. The number of aromatic nitrogens is 5. The van der Waals surface area contributed by atoms with Gasteiger partial charge in [0, 0.05) is 17.3 Å². The van der Waals surface area contributed by atoms with Crippen LogP contribution in [-0.2, 0) is 12.4 Å². The third kappa shape index (κ3) is 2.27. The van der Waals surface area contributed by atoms with E-state index in [0.29, 0.717) is 18.5 Å². The maximum atomic E-state index is 5.93. The Labute approximate surface area is 112 Å². The largest absolute Gasteiger partial charge is 0.262 e. The van der Waals surface area contributed by atoms with Gasteiger partial charge in [0.15, 0.2) is 0 Å². The Hall–Kier alpha value is -1.36. The molecule has 0 unspecified atom stereocenters. The Balaban J connectivity index is 2.32. The van der Waals surface area contributed by atoms with E-state index in [1.165, 1.54) is 0 Å². The van der Waals surface area contributed by atoms with Crippen LogP contribution in [0.15, 0.2) is 6.33 Å². The number of hydrogen-bond donors (Lipinski definition) is 0. The molecule has 0 saturated carbocycles. The summed E-state index contributed by atoms with van der Waals surface area (Å²) in [6, 6.07) is 0.298. The standard InChI is InChI=1S/C12H18ClN5/c1-8(2)18-12(14-7-15-18)6-17-10(4)11(5-13)9(3)16-17/h7-8H,5-6H2,1-4H3. The van der Waals surface area contributed by atoms with Crippen molar-refractivity contribution in [1.29, 1.82) is 0 Å². The van der Waals surface area contributed by atoms with Crippen LogP contribution in [0.25, 0.3) is 0 Å². The molecule has 0 bridgehead atoms. The number of halogens is 1. The van der Waals surface area contributed by atoms with E-state index >= 15 is 0 Å². The number of nitrogens with zero attached hydrogens (tertiary/aromatic N) is 5. The number of aryl methyl sites for hydroxylation is 1. The van der Waals surface area contributed by atoms with E-state index in [4.69, 9.17) is 11.6 Å². The van der Waals surface area contributed by atoms with Gasteiger partial charge in [0.25, 0.3) is 0 Å². The molecule has 0 aliphatic carbocycles. The molecule has 2 aromatic rings. The summed E-state index contributed by atoms with van der Waals surface area (Å²) < 4.78 is 3.85. The monoisotopic (exact) mass is 267 g/mol. The van der Waals surface area contributed by atoms with E-state index in [9.17, 15) is 0 Å². The molecular formula is C12H18ClN5. The van der Waals surface area contributed by atoms with Crippen molar-refractivity contribution in [2.45, 2.75) is 46.2 Å². The molecule has 2 aromatic heterocycles. The Morgan fingerprint density at radius 1 is 1.33 bits per heavy atom. The molecule has 0 fully saturated rings. The maximum Gasteiger partial charge on any atom is 0.148 e. The van der Waals surface area contributed by atoms with E-state index in [0.717, 1.165) is 22.8 Å². The van der Waals surface area contributed by atoms with Crippen LogP contribution in [0.1, 0.15) is 42.7 Å². The van der Waals surface area contributed by atoms with Crippen molar-refractivity contribution < 1.29 is 0 Å². The average Bonchev–Trinajstić information content (AvgIpc) is 2.86. The topological polar surface area (TPSA) is 48.5 Å². The number of hydrogen-bond acceptors (Lipinski definition) is 3. The highest BCUT2D eigenvalue weighted by atomic mass is 35.5. The lowest BCUT2D eigenvalue weighted by molar-refractivity contribution is 0.485. The molecule has 0 radical (unpaired) electrons. The fraction of sp³-hybridized carbons (Fsp3) is 0.583. The van der Waals surface area contributed by atoms with Crippen LogP contribution in [0, 0.1) is 13.8 Å². The zero-order valence-electron chi connectivity index (χ0n) is 11.2. The van der Waals surface area contributed by atoms with Crippen molar-refractivity contribution in [1.82, 2.24) is 24.5 Å². The first-order valence-corrected chi connectivity index (χ1v) is 6.55. The molecule has 98 valence electrons. The zero-order valence-corrected chi connectivity index (χ0v) is 11.9. The van der Waals surface area contributed by atoms with E-state index in [1.54, 1.807) is 6.33 Å². The van der Waals surface area contributed by atoms with Gasteiger partial charge in [-0.15, -0.1) is 11.6 Å². The molecule has 0 aromatic carbocycles. The second kappa shape index (κ2) is 5.10. The van der Waals surface area contributed by atoms with Crippen molar-refractivity contribution >= 4 is 11.6 Å². The lowest BCUT2D eigenvalue weighted by atomic mass is 10.2. The minimum atomic E-state index is 0.298. The second-order valence-electron chi connectivity index (χ2n) is 4.66. The summed E-state index contributed by atoms with van der Waals surface area (Å²) in [5, 5.41) is 8.74. The van der Waals surface area contributed by atoms with Crippen LogP contribution < -0.4 is 0 Å². The normalized spacial score (nSPS) is 11.4. The van der Waals surface area contributed by atoms with Crippen LogP contribution in [0.2, 0.25) is 0 Å². The summed E-state index contributed by atoms with van der Waals surface area (Å²) >= 11 is 5.93. The van der Waals surface area contributed by atoms with Gasteiger partial charge in [0.2, 0.25) is 0 Å². The fourth-order valence-electron chi connectivity index (χ4n) is 2.03. The molecule has 0 spiro atoms. The average molecular weight is 268 g/mol. The van der Waals surface area contributed by atoms with Crippen LogP contribution in [0.3, 0.4) is 0 Å². The summed E-state index contributed by atoms with van der Waals surface area (Å²) in [6.45, 7) is 8.82. The first-order chi connectivity index (χ1) is 8.54. The molecule has 18 heavy (non-hydrogen) atoms. The number of rotatable bonds is 4. The van der Waals surface area contributed by atoms with E-state index in [-0.39, 0.29) is 0 Å². The first-order valence-electron chi connectivity index (χ1n) is 6.01. The predicted molar refractivity (Wildman–Crippen MR) is 70.8 cm³/mol. The molecule has 2 heterocycles. The van der Waals surface area contributed by atoms with E-state index in [2.05, 4.69) is 29.0 Å². The quantitative estimate of drug-likeness (QED) is 0.800. The molecule has 2 rings (SSSR count). The smallest absolute Gasteiger partial charge is 0.148 e. The summed E-state index contributed by atoms with van der Waals surface area (Å²) in [6.07, 6.45) is 1.59. The summed E-state index contributed by atoms with van der Waals surface area (Å²) in [5.41, 5.74) is 3.19. The second-order valence-corrected chi connectivity index (χ2v) is 4.92. The minimum absolute atomic E-state index is 0.298. The zero-order chi connectivity index (χ0) is 13.3. The van der Waals surface area contributed by atoms with Crippen molar-refractivity contribution in [3.05, 3.63) is 29.1 Å². The van der Waals surface area contributed by atoms with Crippen LogP contribution in [0.5, 0.6) is 0 Å². The lowest BCUT2D eigenvalue weighted by Crippen LogP contribution is -2.13. The van der Waals surface area contributed by atoms with Gasteiger partial charge in [-0.2, -0.15) is 10.2 Å². The van der Waals surface area contributed by atoms with Gasteiger partial charge in [-0.1, -0.05) is 0 Å². The van der Waals surface area contributed by atoms with Crippen LogP contribution >= 0.6 is 11.6 Å². The number of alkyl halides is 1. The SMILES string of the molecule is Cc1nn(Cc2ncnn2C(C)C)c(C)c1CCl. The summed E-state index contributed by atoms with van der Waals surface area (Å²) in [7, 11) is 0. The highest BCUT2D eigenvalue weighted by Crippen LogP contribution is 2.16. The van der Waals surface area contributed by atoms with Gasteiger partial charge in [-0.05, 0) is 27.7 Å². The van der Waals surface area contributed by atoms with Gasteiger partial charge in [-0.25, -0.2) is 9.67 Å². The molecule has 0 N–H and O–H groups in total. The van der Waals surface area contributed by atoms with Crippen LogP contribution in [-0.4, -0.2) is 24.5 Å². The fourth-order valence-corrected chi connectivity index (χ4v) is 2.42. The Bertz CT molecular complexity index is 541. The van der Waals surface area contributed by atoms with Gasteiger partial charge in [0.1, 0.15) is 18.7 Å². The third-order valence-corrected chi connectivity index (χ3v) is 3.36. The molecule has 6 heteroatoms. The Kier molecular flexibility index (Phi) is 3.71. The third-order valence-electron chi connectivity index (χ3n) is 3.09. The molecule has 0 atom stereocenters. The highest BCUT2D eigenvalue weighted by molar-refractivity contribution is 6.17.